The van der Waals surface area contributed by atoms with Crippen molar-refractivity contribution in [2.24, 2.45) is 11.8 Å². The van der Waals surface area contributed by atoms with Crippen LogP contribution in [0.4, 0.5) is 5.69 Å². The number of rotatable bonds is 4. The molecule has 1 aromatic carbocycles. The summed E-state index contributed by atoms with van der Waals surface area (Å²) in [4.78, 5) is 26.4. The van der Waals surface area contributed by atoms with E-state index in [4.69, 9.17) is 0 Å². The molecule has 1 aliphatic heterocycles. The quantitative estimate of drug-likeness (QED) is 0.857. The molecule has 1 heterocycles. The Morgan fingerprint density at radius 2 is 1.92 bits per heavy atom. The van der Waals surface area contributed by atoms with Crippen molar-refractivity contribution < 1.29 is 9.59 Å². The van der Waals surface area contributed by atoms with Crippen LogP contribution in [0.25, 0.3) is 0 Å². The lowest BCUT2D eigenvalue weighted by atomic mass is 9.75. The Morgan fingerprint density at radius 1 is 1.17 bits per heavy atom. The minimum Gasteiger partial charge on any atom is -0.325 e. The zero-order valence-electron chi connectivity index (χ0n) is 14.8. The van der Waals surface area contributed by atoms with Crippen LogP contribution in [-0.2, 0) is 4.79 Å². The number of hydrogen-bond donors (Lipinski definition) is 1. The Labute approximate surface area is 144 Å². The van der Waals surface area contributed by atoms with Crippen molar-refractivity contribution in [1.29, 1.82) is 0 Å². The van der Waals surface area contributed by atoms with E-state index in [1.165, 1.54) is 39.0 Å². The lowest BCUT2D eigenvalue weighted by Gasteiger charge is -2.43. The minimum absolute atomic E-state index is 0.0125. The van der Waals surface area contributed by atoms with E-state index in [9.17, 15) is 9.59 Å². The maximum Gasteiger partial charge on any atom is 0.241 e. The normalized spacial score (nSPS) is 25.6. The fraction of sp³-hybridized carbons (Fsp3) is 0.600. The van der Waals surface area contributed by atoms with Crippen LogP contribution in [0.3, 0.4) is 0 Å². The molecular formula is C20H28N2O2. The van der Waals surface area contributed by atoms with E-state index in [2.05, 4.69) is 10.2 Å². The highest BCUT2D eigenvalue weighted by molar-refractivity contribution is 5.98. The van der Waals surface area contributed by atoms with Gasteiger partial charge in [-0.2, -0.15) is 0 Å². The van der Waals surface area contributed by atoms with Crippen LogP contribution >= 0.6 is 0 Å². The molecule has 1 aromatic rings. The second-order valence-electron chi connectivity index (χ2n) is 7.39. The Hall–Kier alpha value is -1.68. The van der Waals surface area contributed by atoms with Crippen molar-refractivity contribution in [2.75, 3.05) is 18.4 Å². The molecular weight excluding hydrogens is 300 g/mol. The van der Waals surface area contributed by atoms with Crippen molar-refractivity contribution in [3.05, 3.63) is 29.8 Å². The molecule has 2 aliphatic rings. The topological polar surface area (TPSA) is 49.4 Å². The van der Waals surface area contributed by atoms with Gasteiger partial charge >= 0.3 is 0 Å². The number of piperidine rings is 1. The number of amides is 1. The maximum atomic E-state index is 12.6. The molecule has 1 aliphatic carbocycles. The third-order valence-corrected chi connectivity index (χ3v) is 5.79. The van der Waals surface area contributed by atoms with E-state index in [1.807, 2.05) is 19.1 Å². The summed E-state index contributed by atoms with van der Waals surface area (Å²) in [6, 6.07) is 7.04. The third-order valence-electron chi connectivity index (χ3n) is 5.79. The van der Waals surface area contributed by atoms with E-state index in [0.29, 0.717) is 11.3 Å². The molecule has 0 spiro atoms. The van der Waals surface area contributed by atoms with Gasteiger partial charge in [0.1, 0.15) is 0 Å². The van der Waals surface area contributed by atoms with Crippen molar-refractivity contribution in [3.8, 4) is 0 Å². The Bertz CT molecular complexity index is 613. The number of Topliss-reactive ketones (excluding diaryl/α,β-unsaturated/α-hetero) is 1. The molecule has 24 heavy (non-hydrogen) atoms. The zero-order valence-corrected chi connectivity index (χ0v) is 14.8. The molecule has 0 bridgehead atoms. The molecule has 0 unspecified atom stereocenters. The number of likely N-dealkylation sites (tertiary alicyclic amines) is 1. The molecule has 3 rings (SSSR count). The summed E-state index contributed by atoms with van der Waals surface area (Å²) in [7, 11) is 0. The first-order valence-corrected chi connectivity index (χ1v) is 9.20. The smallest absolute Gasteiger partial charge is 0.241 e. The van der Waals surface area contributed by atoms with Crippen molar-refractivity contribution in [2.45, 2.75) is 52.0 Å². The Morgan fingerprint density at radius 3 is 2.67 bits per heavy atom. The summed E-state index contributed by atoms with van der Waals surface area (Å²) in [6.07, 6.45) is 6.63. The number of nitrogens with zero attached hydrogens (tertiary/aromatic N) is 1. The fourth-order valence-electron chi connectivity index (χ4n) is 4.21. The van der Waals surface area contributed by atoms with Crippen molar-refractivity contribution >= 4 is 17.4 Å². The van der Waals surface area contributed by atoms with E-state index >= 15 is 0 Å². The van der Waals surface area contributed by atoms with Gasteiger partial charge < -0.3 is 5.32 Å². The van der Waals surface area contributed by atoms with Gasteiger partial charge in [0.25, 0.3) is 0 Å². The van der Waals surface area contributed by atoms with Crippen LogP contribution in [0.1, 0.15) is 56.3 Å². The minimum atomic E-state index is -0.131. The van der Waals surface area contributed by atoms with Gasteiger partial charge in [0, 0.05) is 17.8 Å². The number of hydrogen-bond acceptors (Lipinski definition) is 3. The van der Waals surface area contributed by atoms with Gasteiger partial charge in [-0.3, -0.25) is 14.5 Å². The average molecular weight is 328 g/mol. The van der Waals surface area contributed by atoms with Gasteiger partial charge in [0.2, 0.25) is 5.91 Å². The summed E-state index contributed by atoms with van der Waals surface area (Å²) in [5, 5.41) is 2.97. The first kappa shape index (κ1) is 17.2. The monoisotopic (exact) mass is 328 g/mol. The lowest BCUT2D eigenvalue weighted by Crippen LogP contribution is -2.49. The molecule has 1 saturated heterocycles. The zero-order chi connectivity index (χ0) is 17.1. The molecule has 3 atom stereocenters. The lowest BCUT2D eigenvalue weighted by molar-refractivity contribution is -0.122. The predicted molar refractivity (Wildman–Crippen MR) is 96.2 cm³/mol. The third kappa shape index (κ3) is 3.86. The van der Waals surface area contributed by atoms with Gasteiger partial charge in [-0.05, 0) is 57.2 Å². The van der Waals surface area contributed by atoms with Crippen LogP contribution < -0.4 is 5.32 Å². The molecule has 0 radical (unpaired) electrons. The van der Waals surface area contributed by atoms with E-state index in [1.54, 1.807) is 12.1 Å². The molecule has 0 aromatic heterocycles. The first-order chi connectivity index (χ1) is 11.5. The number of benzene rings is 1. The second-order valence-corrected chi connectivity index (χ2v) is 7.39. The SMILES string of the molecule is CC(=O)c1cccc(NC(=O)[C@@H](C)N2CC[C@@H]3CCCC[C@@H]3C2)c1. The summed E-state index contributed by atoms with van der Waals surface area (Å²) in [5.74, 6) is 1.67. The number of ketones is 1. The van der Waals surface area contributed by atoms with E-state index < -0.39 is 0 Å². The van der Waals surface area contributed by atoms with Crippen LogP contribution in [0.15, 0.2) is 24.3 Å². The van der Waals surface area contributed by atoms with Gasteiger partial charge in [0.05, 0.1) is 6.04 Å². The maximum absolute atomic E-state index is 12.6. The Kier molecular flexibility index (Phi) is 5.34. The molecule has 2 fully saturated rings. The van der Waals surface area contributed by atoms with Crippen LogP contribution in [0, 0.1) is 11.8 Å². The van der Waals surface area contributed by atoms with Gasteiger partial charge in [-0.1, -0.05) is 31.4 Å². The van der Waals surface area contributed by atoms with E-state index in [0.717, 1.165) is 24.9 Å². The molecule has 1 amide bonds. The highest BCUT2D eigenvalue weighted by atomic mass is 16.2. The van der Waals surface area contributed by atoms with Gasteiger partial charge in [0.15, 0.2) is 5.78 Å². The van der Waals surface area contributed by atoms with Crippen molar-refractivity contribution in [1.82, 2.24) is 4.90 Å². The number of nitrogens with one attached hydrogen (secondary N) is 1. The second kappa shape index (κ2) is 7.47. The Balaban J connectivity index is 1.60. The molecule has 1 saturated carbocycles. The number of carbonyl (C=O) groups excluding carboxylic acids is 2. The largest absolute Gasteiger partial charge is 0.325 e. The fourth-order valence-corrected chi connectivity index (χ4v) is 4.21. The predicted octanol–water partition coefficient (Wildman–Crippen LogP) is 3.73. The summed E-state index contributed by atoms with van der Waals surface area (Å²) in [5.41, 5.74) is 1.33. The molecule has 130 valence electrons. The van der Waals surface area contributed by atoms with Gasteiger partial charge in [-0.25, -0.2) is 0 Å². The highest BCUT2D eigenvalue weighted by Crippen LogP contribution is 2.36. The summed E-state index contributed by atoms with van der Waals surface area (Å²) < 4.78 is 0. The van der Waals surface area contributed by atoms with Crippen LogP contribution in [0.2, 0.25) is 0 Å². The molecule has 4 nitrogen and oxygen atoms in total. The molecule has 1 N–H and O–H groups in total. The van der Waals surface area contributed by atoms with Crippen LogP contribution in [-0.4, -0.2) is 35.7 Å². The number of anilines is 1. The van der Waals surface area contributed by atoms with Crippen LogP contribution in [0.5, 0.6) is 0 Å². The van der Waals surface area contributed by atoms with E-state index in [-0.39, 0.29) is 17.7 Å². The first-order valence-electron chi connectivity index (χ1n) is 9.20. The standard InChI is InChI=1S/C20H28N2O2/c1-14(22-11-10-16-6-3-4-7-18(16)13-22)20(24)21-19-9-5-8-17(12-19)15(2)23/h5,8-9,12,14,16,18H,3-4,6-7,10-11,13H2,1-2H3,(H,21,24)/t14-,16+,18-/m1/s1. The van der Waals surface area contributed by atoms with Gasteiger partial charge in [-0.15, -0.1) is 0 Å². The number of carbonyl (C=O) groups is 2. The highest BCUT2D eigenvalue weighted by Gasteiger charge is 2.34. The average Bonchev–Trinajstić information content (AvgIpc) is 2.60. The summed E-state index contributed by atoms with van der Waals surface area (Å²) in [6.45, 7) is 5.60. The molecule has 4 heteroatoms. The van der Waals surface area contributed by atoms with Crippen molar-refractivity contribution in [3.63, 3.8) is 0 Å². The number of fused-ring (bicyclic) bond motifs is 1. The summed E-state index contributed by atoms with van der Waals surface area (Å²) >= 11 is 0.